The minimum absolute atomic E-state index is 0.136. The van der Waals surface area contributed by atoms with Crippen LogP contribution in [0.1, 0.15) is 52.2 Å². The number of hydrogen-bond acceptors (Lipinski definition) is 4. The van der Waals surface area contributed by atoms with Gasteiger partial charge in [-0.05, 0) is 44.9 Å². The molecule has 0 saturated heterocycles. The highest BCUT2D eigenvalue weighted by Gasteiger charge is 2.32. The first-order valence-corrected chi connectivity index (χ1v) is 8.27. The molecule has 4 nitrogen and oxygen atoms in total. The monoisotopic (exact) mass is 310 g/mol. The number of rotatable bonds is 9. The quantitative estimate of drug-likeness (QED) is 0.663. The molecule has 0 radical (unpaired) electrons. The molecule has 0 amide bonds. The maximum Gasteiger partial charge on any atom is 0.135 e. The van der Waals surface area contributed by atoms with Crippen molar-refractivity contribution >= 4 is 0 Å². The molecule has 2 heterocycles. The van der Waals surface area contributed by atoms with Crippen LogP contribution in [0.3, 0.4) is 0 Å². The number of hydrogen-bond donors (Lipinski definition) is 0. The standard InChI is InChI=1S/C14H20O3.C4H10O/c1-2-3-7-14(8-5-10-17-14)12-15-11-13-6-4-9-16-13;1-3-5-4-2/h4-6,9-10H,2-3,7-8,11-12H2,1H3;3-4H2,1-2H3. The Kier molecular flexibility index (Phi) is 9.67. The van der Waals surface area contributed by atoms with E-state index in [0.29, 0.717) is 13.2 Å². The summed E-state index contributed by atoms with van der Waals surface area (Å²) in [7, 11) is 0. The molecular formula is C18H30O4. The molecule has 1 aromatic rings. The minimum atomic E-state index is -0.136. The normalized spacial score (nSPS) is 19.6. The molecule has 0 N–H and O–H groups in total. The lowest BCUT2D eigenvalue weighted by atomic mass is 9.95. The summed E-state index contributed by atoms with van der Waals surface area (Å²) in [5.41, 5.74) is -0.136. The van der Waals surface area contributed by atoms with Crippen LogP contribution in [0.5, 0.6) is 0 Å². The van der Waals surface area contributed by atoms with E-state index < -0.39 is 0 Å². The minimum Gasteiger partial charge on any atom is -0.492 e. The average Bonchev–Trinajstić information content (AvgIpc) is 3.19. The first-order chi connectivity index (χ1) is 10.8. The van der Waals surface area contributed by atoms with Crippen LogP contribution in [0.15, 0.2) is 35.2 Å². The molecule has 1 aliphatic rings. The summed E-state index contributed by atoms with van der Waals surface area (Å²) in [6, 6.07) is 3.80. The molecule has 126 valence electrons. The van der Waals surface area contributed by atoms with E-state index in [1.54, 1.807) is 12.5 Å². The Balaban J connectivity index is 0.000000422. The Morgan fingerprint density at radius 2 is 2.00 bits per heavy atom. The van der Waals surface area contributed by atoms with Crippen LogP contribution in [0.4, 0.5) is 0 Å². The lowest BCUT2D eigenvalue weighted by Gasteiger charge is -2.28. The van der Waals surface area contributed by atoms with E-state index in [9.17, 15) is 0 Å². The van der Waals surface area contributed by atoms with Gasteiger partial charge in [-0.3, -0.25) is 0 Å². The fourth-order valence-electron chi connectivity index (χ4n) is 2.26. The van der Waals surface area contributed by atoms with Gasteiger partial charge in [0, 0.05) is 19.6 Å². The molecular weight excluding hydrogens is 280 g/mol. The van der Waals surface area contributed by atoms with Crippen molar-refractivity contribution in [1.82, 2.24) is 0 Å². The van der Waals surface area contributed by atoms with E-state index in [4.69, 9.17) is 18.6 Å². The molecule has 1 atom stereocenters. The van der Waals surface area contributed by atoms with E-state index in [-0.39, 0.29) is 5.60 Å². The molecule has 1 unspecified atom stereocenters. The lowest BCUT2D eigenvalue weighted by molar-refractivity contribution is -0.0553. The van der Waals surface area contributed by atoms with Crippen LogP contribution in [-0.4, -0.2) is 25.4 Å². The van der Waals surface area contributed by atoms with Gasteiger partial charge < -0.3 is 18.6 Å². The van der Waals surface area contributed by atoms with Crippen molar-refractivity contribution in [1.29, 1.82) is 0 Å². The van der Waals surface area contributed by atoms with Crippen molar-refractivity contribution in [3.05, 3.63) is 36.5 Å². The summed E-state index contributed by atoms with van der Waals surface area (Å²) in [5, 5.41) is 0. The summed E-state index contributed by atoms with van der Waals surface area (Å²) >= 11 is 0. The summed E-state index contributed by atoms with van der Waals surface area (Å²) in [5.74, 6) is 0.863. The highest BCUT2D eigenvalue weighted by Crippen LogP contribution is 2.29. The third-order valence-electron chi connectivity index (χ3n) is 3.49. The van der Waals surface area contributed by atoms with Crippen LogP contribution in [0, 0.1) is 0 Å². The molecule has 0 saturated carbocycles. The van der Waals surface area contributed by atoms with Crippen LogP contribution >= 0.6 is 0 Å². The van der Waals surface area contributed by atoms with Crippen molar-refractivity contribution in [2.24, 2.45) is 0 Å². The predicted octanol–water partition coefficient (Wildman–Crippen LogP) is 4.70. The summed E-state index contributed by atoms with van der Waals surface area (Å²) in [6.45, 7) is 9.00. The number of unbranched alkanes of at least 4 members (excludes halogenated alkanes) is 1. The largest absolute Gasteiger partial charge is 0.492 e. The second kappa shape index (κ2) is 11.3. The van der Waals surface area contributed by atoms with E-state index in [0.717, 1.165) is 31.8 Å². The van der Waals surface area contributed by atoms with Crippen molar-refractivity contribution in [3.8, 4) is 0 Å². The molecule has 4 heteroatoms. The molecule has 2 rings (SSSR count). The summed E-state index contributed by atoms with van der Waals surface area (Å²) in [6.07, 6.45) is 9.89. The van der Waals surface area contributed by atoms with Crippen molar-refractivity contribution < 1.29 is 18.6 Å². The molecule has 0 fully saturated rings. The zero-order valence-corrected chi connectivity index (χ0v) is 14.2. The second-order valence-electron chi connectivity index (χ2n) is 5.33. The van der Waals surface area contributed by atoms with Crippen molar-refractivity contribution in [3.63, 3.8) is 0 Å². The Labute approximate surface area is 134 Å². The second-order valence-corrected chi connectivity index (χ2v) is 5.33. The smallest absolute Gasteiger partial charge is 0.135 e. The fourth-order valence-corrected chi connectivity index (χ4v) is 2.26. The molecule has 22 heavy (non-hydrogen) atoms. The Hall–Kier alpha value is -1.26. The van der Waals surface area contributed by atoms with Gasteiger partial charge in [-0.25, -0.2) is 0 Å². The Morgan fingerprint density at radius 1 is 1.18 bits per heavy atom. The Morgan fingerprint density at radius 3 is 2.50 bits per heavy atom. The highest BCUT2D eigenvalue weighted by molar-refractivity contribution is 4.99. The van der Waals surface area contributed by atoms with Gasteiger partial charge >= 0.3 is 0 Å². The van der Waals surface area contributed by atoms with Gasteiger partial charge in [-0.15, -0.1) is 0 Å². The summed E-state index contributed by atoms with van der Waals surface area (Å²) in [4.78, 5) is 0. The molecule has 0 aliphatic carbocycles. The van der Waals surface area contributed by atoms with E-state index in [2.05, 4.69) is 13.0 Å². The first-order valence-electron chi connectivity index (χ1n) is 8.27. The third-order valence-corrected chi connectivity index (χ3v) is 3.49. The van der Waals surface area contributed by atoms with E-state index >= 15 is 0 Å². The molecule has 0 bridgehead atoms. The van der Waals surface area contributed by atoms with Crippen LogP contribution in [0.25, 0.3) is 0 Å². The van der Waals surface area contributed by atoms with Crippen LogP contribution < -0.4 is 0 Å². The zero-order chi connectivity index (χ0) is 16.1. The SMILES string of the molecule is CCCCC1(COCc2ccco2)CC=CO1.CCOCC. The fraction of sp³-hybridized carbons (Fsp3) is 0.667. The maximum atomic E-state index is 5.73. The molecule has 1 aliphatic heterocycles. The molecule has 0 spiro atoms. The predicted molar refractivity (Wildman–Crippen MR) is 87.6 cm³/mol. The van der Waals surface area contributed by atoms with E-state index in [1.807, 2.05) is 26.0 Å². The van der Waals surface area contributed by atoms with Gasteiger partial charge in [0.2, 0.25) is 0 Å². The first kappa shape index (κ1) is 18.8. The van der Waals surface area contributed by atoms with Gasteiger partial charge in [0.1, 0.15) is 18.0 Å². The van der Waals surface area contributed by atoms with Gasteiger partial charge in [-0.1, -0.05) is 13.3 Å². The summed E-state index contributed by atoms with van der Waals surface area (Å²) < 4.78 is 21.5. The van der Waals surface area contributed by atoms with Crippen molar-refractivity contribution in [2.45, 2.75) is 58.7 Å². The van der Waals surface area contributed by atoms with Gasteiger partial charge in [0.05, 0.1) is 19.1 Å². The van der Waals surface area contributed by atoms with Gasteiger partial charge in [0.25, 0.3) is 0 Å². The number of furan rings is 1. The maximum absolute atomic E-state index is 5.73. The lowest BCUT2D eigenvalue weighted by Crippen LogP contribution is -2.33. The molecule has 0 aromatic carbocycles. The van der Waals surface area contributed by atoms with Gasteiger partial charge in [-0.2, -0.15) is 0 Å². The Bertz CT molecular complexity index is 374. The molecule has 1 aromatic heterocycles. The average molecular weight is 310 g/mol. The van der Waals surface area contributed by atoms with Crippen molar-refractivity contribution in [2.75, 3.05) is 19.8 Å². The van der Waals surface area contributed by atoms with E-state index in [1.165, 1.54) is 12.8 Å². The third kappa shape index (κ3) is 7.14. The zero-order valence-electron chi connectivity index (χ0n) is 14.2. The van der Waals surface area contributed by atoms with Crippen LogP contribution in [-0.2, 0) is 20.8 Å². The highest BCUT2D eigenvalue weighted by atomic mass is 16.5. The number of ether oxygens (including phenoxy) is 3. The van der Waals surface area contributed by atoms with Gasteiger partial charge in [0.15, 0.2) is 0 Å². The van der Waals surface area contributed by atoms with Crippen LogP contribution in [0.2, 0.25) is 0 Å². The topological polar surface area (TPSA) is 40.8 Å².